The molecule has 2 aromatic heterocycles. The van der Waals surface area contributed by atoms with Crippen molar-refractivity contribution in [1.29, 1.82) is 0 Å². The summed E-state index contributed by atoms with van der Waals surface area (Å²) >= 11 is 6.20. The van der Waals surface area contributed by atoms with Crippen LogP contribution < -0.4 is 10.3 Å². The van der Waals surface area contributed by atoms with E-state index in [1.165, 1.54) is 10.7 Å². The average Bonchev–Trinajstić information content (AvgIpc) is 3.46. The van der Waals surface area contributed by atoms with Crippen molar-refractivity contribution >= 4 is 56.4 Å². The molecule has 0 saturated heterocycles. The third-order valence-corrected chi connectivity index (χ3v) is 7.49. The number of para-hydroxylation sites is 1. The summed E-state index contributed by atoms with van der Waals surface area (Å²) in [6, 6.07) is 32.2. The Morgan fingerprint density at radius 1 is 0.909 bits per heavy atom. The highest BCUT2D eigenvalue weighted by Crippen LogP contribution is 2.30. The van der Waals surface area contributed by atoms with Crippen LogP contribution in [0.15, 0.2) is 124 Å². The van der Waals surface area contributed by atoms with Gasteiger partial charge in [0.15, 0.2) is 5.76 Å². The smallest absolute Gasteiger partial charge is 0.335 e. The summed E-state index contributed by atoms with van der Waals surface area (Å²) in [5.41, 5.74) is 2.25. The van der Waals surface area contributed by atoms with Crippen LogP contribution in [0.1, 0.15) is 21.5 Å². The quantitative estimate of drug-likeness (QED) is 0.188. The fourth-order valence-corrected chi connectivity index (χ4v) is 5.30. The Morgan fingerprint density at radius 2 is 1.73 bits per heavy atom. The van der Waals surface area contributed by atoms with E-state index in [-0.39, 0.29) is 23.6 Å². The van der Waals surface area contributed by atoms with Gasteiger partial charge in [0.1, 0.15) is 17.9 Å². The Morgan fingerprint density at radius 3 is 2.59 bits per heavy atom. The van der Waals surface area contributed by atoms with E-state index in [0.29, 0.717) is 44.1 Å². The number of aromatic nitrogens is 2. The molecule has 1 N–H and O–H groups in total. The van der Waals surface area contributed by atoms with Crippen LogP contribution in [0.25, 0.3) is 44.2 Å². The van der Waals surface area contributed by atoms with Gasteiger partial charge in [-0.2, -0.15) is 9.78 Å². The molecule has 0 aliphatic rings. The zero-order valence-electron chi connectivity index (χ0n) is 23.0. The minimum absolute atomic E-state index is 0.130. The summed E-state index contributed by atoms with van der Waals surface area (Å²) in [5, 5.41) is 17.6. The van der Waals surface area contributed by atoms with E-state index in [1.54, 1.807) is 66.9 Å². The zero-order valence-corrected chi connectivity index (χ0v) is 23.7. The van der Waals surface area contributed by atoms with Gasteiger partial charge < -0.3 is 14.3 Å². The van der Waals surface area contributed by atoms with Gasteiger partial charge in [-0.3, -0.25) is 4.79 Å². The minimum atomic E-state index is -1.01. The molecule has 0 radical (unpaired) electrons. The maximum absolute atomic E-state index is 13.8. The number of benzene rings is 5. The third-order valence-electron chi connectivity index (χ3n) is 7.25. The first-order chi connectivity index (χ1) is 21.4. The van der Waals surface area contributed by atoms with Gasteiger partial charge >= 0.3 is 5.97 Å². The van der Waals surface area contributed by atoms with Crippen molar-refractivity contribution in [2.75, 3.05) is 0 Å². The molecule has 0 saturated carbocycles. The number of hydrogen-bond acceptors (Lipinski definition) is 6. The first-order valence-corrected chi connectivity index (χ1v) is 14.0. The Balaban J connectivity index is 1.36. The molecule has 7 aromatic rings. The van der Waals surface area contributed by atoms with Crippen LogP contribution in [0.4, 0.5) is 0 Å². The van der Waals surface area contributed by atoms with E-state index in [1.807, 2.05) is 42.5 Å². The lowest BCUT2D eigenvalue weighted by Gasteiger charge is -2.13. The molecule has 0 amide bonds. The van der Waals surface area contributed by atoms with E-state index in [4.69, 9.17) is 25.7 Å². The molecule has 9 heteroatoms. The number of halogens is 1. The summed E-state index contributed by atoms with van der Waals surface area (Å²) in [4.78, 5) is 30.0. The van der Waals surface area contributed by atoms with Crippen LogP contribution in [-0.4, -0.2) is 27.0 Å². The Bertz CT molecular complexity index is 2320. The largest absolute Gasteiger partial charge is 0.488 e. The van der Waals surface area contributed by atoms with Crippen molar-refractivity contribution < 1.29 is 19.1 Å². The summed E-state index contributed by atoms with van der Waals surface area (Å²) in [6.45, 7) is 0.130. The third kappa shape index (κ3) is 5.08. The van der Waals surface area contributed by atoms with Crippen molar-refractivity contribution in [2.24, 2.45) is 5.10 Å². The Kier molecular flexibility index (Phi) is 6.88. The van der Waals surface area contributed by atoms with Gasteiger partial charge in [-0.25, -0.2) is 9.78 Å². The molecule has 214 valence electrons. The molecule has 0 bridgehead atoms. The molecule has 5 aromatic carbocycles. The molecule has 0 aliphatic carbocycles. The maximum atomic E-state index is 13.8. The van der Waals surface area contributed by atoms with Gasteiger partial charge in [0.25, 0.3) is 5.56 Å². The van der Waals surface area contributed by atoms with Gasteiger partial charge in [-0.1, -0.05) is 66.2 Å². The lowest BCUT2D eigenvalue weighted by Crippen LogP contribution is -2.20. The molecular formula is C35H22ClN3O5. The van der Waals surface area contributed by atoms with E-state index in [9.17, 15) is 14.7 Å². The van der Waals surface area contributed by atoms with E-state index in [0.717, 1.165) is 16.2 Å². The number of fused-ring (bicyclic) bond motifs is 3. The summed E-state index contributed by atoms with van der Waals surface area (Å²) in [6.07, 6.45) is 1.58. The number of ether oxygens (including phenoxy) is 1. The SMILES string of the molecule is O=C(O)c1cccc(COc2ccc3ccccc3c2C=Nn2c(-c3cc4cc(Cl)ccc4o3)nc3ccccc3c2=O)c1. The van der Waals surface area contributed by atoms with Crippen molar-refractivity contribution in [2.45, 2.75) is 6.61 Å². The summed E-state index contributed by atoms with van der Waals surface area (Å²) in [7, 11) is 0. The molecule has 0 spiro atoms. The van der Waals surface area contributed by atoms with E-state index < -0.39 is 5.97 Å². The molecular weight excluding hydrogens is 578 g/mol. The second-order valence-electron chi connectivity index (χ2n) is 10.1. The minimum Gasteiger partial charge on any atom is -0.488 e. The Labute approximate surface area is 255 Å². The monoisotopic (exact) mass is 599 g/mol. The van der Waals surface area contributed by atoms with E-state index >= 15 is 0 Å². The zero-order chi connectivity index (χ0) is 30.2. The highest BCUT2D eigenvalue weighted by Gasteiger charge is 2.17. The first-order valence-electron chi connectivity index (χ1n) is 13.7. The molecule has 2 heterocycles. The fourth-order valence-electron chi connectivity index (χ4n) is 5.12. The van der Waals surface area contributed by atoms with Crippen molar-refractivity contribution in [3.05, 3.63) is 141 Å². The number of aromatic carboxylic acids is 1. The highest BCUT2D eigenvalue weighted by atomic mass is 35.5. The number of hydrogen-bond donors (Lipinski definition) is 1. The summed E-state index contributed by atoms with van der Waals surface area (Å²) < 4.78 is 13.5. The highest BCUT2D eigenvalue weighted by molar-refractivity contribution is 6.31. The molecule has 44 heavy (non-hydrogen) atoms. The topological polar surface area (TPSA) is 107 Å². The van der Waals surface area contributed by atoms with Crippen LogP contribution in [0.2, 0.25) is 5.02 Å². The number of furan rings is 1. The van der Waals surface area contributed by atoms with Crippen molar-refractivity contribution in [3.8, 4) is 17.3 Å². The normalized spacial score (nSPS) is 11.6. The predicted octanol–water partition coefficient (Wildman–Crippen LogP) is 7.78. The number of carboxylic acid groups (broad SMARTS) is 1. The number of nitrogens with zero attached hydrogens (tertiary/aromatic N) is 3. The van der Waals surface area contributed by atoms with Crippen molar-refractivity contribution in [3.63, 3.8) is 0 Å². The van der Waals surface area contributed by atoms with Crippen LogP contribution in [0, 0.1) is 0 Å². The molecule has 8 nitrogen and oxygen atoms in total. The van der Waals surface area contributed by atoms with Gasteiger partial charge in [0.2, 0.25) is 5.82 Å². The van der Waals surface area contributed by atoms with Gasteiger partial charge in [-0.05, 0) is 70.9 Å². The standard InChI is InChI=1S/C35H22ClN3O5/c36-25-13-15-30-24(17-25)18-32(44-30)33-38-29-11-4-3-10-27(29)34(40)39(33)37-19-28-26-9-2-1-7-22(26)12-14-31(28)43-20-21-6-5-8-23(16-21)35(41)42/h1-19H,20H2,(H,41,42). The molecule has 0 aliphatic heterocycles. The van der Waals surface area contributed by atoms with E-state index in [2.05, 4.69) is 5.10 Å². The molecule has 7 rings (SSSR count). The van der Waals surface area contributed by atoms with Gasteiger partial charge in [0, 0.05) is 16.0 Å². The second-order valence-corrected chi connectivity index (χ2v) is 10.5. The van der Waals surface area contributed by atoms with Crippen molar-refractivity contribution in [1.82, 2.24) is 9.66 Å². The maximum Gasteiger partial charge on any atom is 0.335 e. The molecule has 0 fully saturated rings. The molecule has 0 unspecified atom stereocenters. The lowest BCUT2D eigenvalue weighted by atomic mass is 10.0. The Hall–Kier alpha value is -5.73. The number of carbonyl (C=O) groups is 1. The fraction of sp³-hybridized carbons (Fsp3) is 0.0286. The predicted molar refractivity (Wildman–Crippen MR) is 171 cm³/mol. The first kappa shape index (κ1) is 27.1. The van der Waals surface area contributed by atoms with Crippen LogP contribution in [0.3, 0.4) is 0 Å². The van der Waals surface area contributed by atoms with Crippen LogP contribution >= 0.6 is 11.6 Å². The van der Waals surface area contributed by atoms with Gasteiger partial charge in [-0.15, -0.1) is 0 Å². The number of rotatable bonds is 7. The van der Waals surface area contributed by atoms with Crippen LogP contribution in [0.5, 0.6) is 5.75 Å². The van der Waals surface area contributed by atoms with Gasteiger partial charge in [0.05, 0.1) is 22.7 Å². The van der Waals surface area contributed by atoms with Crippen LogP contribution in [-0.2, 0) is 6.61 Å². The average molecular weight is 600 g/mol. The second kappa shape index (κ2) is 11.2. The lowest BCUT2D eigenvalue weighted by molar-refractivity contribution is 0.0696. The molecule has 0 atom stereocenters. The number of carboxylic acids is 1. The summed E-state index contributed by atoms with van der Waals surface area (Å²) in [5.74, 6) is 0.0820.